The monoisotopic (exact) mass is 554 g/mol. The number of rotatable bonds is 10. The van der Waals surface area contributed by atoms with Crippen molar-refractivity contribution in [2.75, 3.05) is 11.9 Å². The fourth-order valence-electron chi connectivity index (χ4n) is 5.77. The van der Waals surface area contributed by atoms with Crippen molar-refractivity contribution in [3.05, 3.63) is 71.9 Å². The molecule has 0 spiro atoms. The highest BCUT2D eigenvalue weighted by molar-refractivity contribution is 6.28. The summed E-state index contributed by atoms with van der Waals surface area (Å²) in [5.41, 5.74) is 8.78. The summed E-state index contributed by atoms with van der Waals surface area (Å²) >= 11 is 0. The number of hydrogen-bond donors (Lipinski definition) is 2. The number of nitrogens with two attached hydrogens (primary N) is 1. The van der Waals surface area contributed by atoms with E-state index in [2.05, 4.69) is 20.4 Å². The molecule has 4 aromatic rings. The van der Waals surface area contributed by atoms with Crippen LogP contribution in [0, 0.1) is 23.6 Å². The molecule has 2 heterocycles. The molecular formula is C30H27FN6O4. The van der Waals surface area contributed by atoms with Gasteiger partial charge in [-0.25, -0.2) is 9.37 Å². The molecule has 2 atom stereocenters. The number of aromatic nitrogens is 4. The Labute approximate surface area is 234 Å². The average Bonchev–Trinajstić information content (AvgIpc) is 3.52. The zero-order valence-electron chi connectivity index (χ0n) is 22.0. The van der Waals surface area contributed by atoms with Crippen LogP contribution in [0.3, 0.4) is 0 Å². The Morgan fingerprint density at radius 3 is 2.73 bits per heavy atom. The molecule has 2 aliphatic rings. The van der Waals surface area contributed by atoms with E-state index in [1.165, 1.54) is 6.07 Å². The lowest BCUT2D eigenvalue weighted by Gasteiger charge is -2.35. The molecule has 0 aliphatic heterocycles. The number of nitrogens with zero attached hydrogens (tertiary/aromatic N) is 4. The molecule has 3 N–H and O–H groups in total. The number of halogens is 1. The second-order valence-electron chi connectivity index (χ2n) is 10.7. The summed E-state index contributed by atoms with van der Waals surface area (Å²) in [4.78, 5) is 57.5. The molecule has 1 saturated carbocycles. The van der Waals surface area contributed by atoms with E-state index in [1.807, 2.05) is 10.9 Å². The van der Waals surface area contributed by atoms with Crippen molar-refractivity contribution in [2.24, 2.45) is 23.5 Å². The van der Waals surface area contributed by atoms with E-state index < -0.39 is 35.1 Å². The molecular weight excluding hydrogens is 527 g/mol. The van der Waals surface area contributed by atoms with Crippen molar-refractivity contribution in [1.82, 2.24) is 19.7 Å². The van der Waals surface area contributed by atoms with Crippen LogP contribution in [0.5, 0.6) is 0 Å². The lowest BCUT2D eigenvalue weighted by molar-refractivity contribution is -0.123. The summed E-state index contributed by atoms with van der Waals surface area (Å²) in [6.45, 7) is 0.674. The smallest absolute Gasteiger partial charge is 0.221 e. The molecule has 2 aromatic heterocycles. The number of anilines is 1. The first-order chi connectivity index (χ1) is 19.8. The third-order valence-electron chi connectivity index (χ3n) is 8.08. The molecule has 6 rings (SSSR count). The Bertz CT molecular complexity index is 1700. The minimum Gasteiger partial charge on any atom is -0.385 e. The first kappa shape index (κ1) is 26.4. The fourth-order valence-corrected chi connectivity index (χ4v) is 5.77. The van der Waals surface area contributed by atoms with E-state index in [-0.39, 0.29) is 35.5 Å². The lowest BCUT2D eigenvalue weighted by atomic mass is 9.80. The quantitative estimate of drug-likeness (QED) is 0.222. The van der Waals surface area contributed by atoms with E-state index in [4.69, 9.17) is 5.73 Å². The van der Waals surface area contributed by atoms with Crippen LogP contribution in [0.2, 0.25) is 0 Å². The molecule has 0 saturated heterocycles. The normalized spacial score (nSPS) is 20.5. The summed E-state index contributed by atoms with van der Waals surface area (Å²) in [7, 11) is 0. The maximum absolute atomic E-state index is 14.1. The van der Waals surface area contributed by atoms with Gasteiger partial charge in [0.25, 0.3) is 0 Å². The van der Waals surface area contributed by atoms with Gasteiger partial charge in [0.15, 0.2) is 17.4 Å². The third-order valence-corrected chi connectivity index (χ3v) is 8.08. The van der Waals surface area contributed by atoms with Crippen molar-refractivity contribution >= 4 is 40.5 Å². The van der Waals surface area contributed by atoms with Crippen LogP contribution in [-0.4, -0.2) is 50.1 Å². The number of para-hydroxylation sites is 1. The van der Waals surface area contributed by atoms with Crippen LogP contribution in [0.4, 0.5) is 10.1 Å². The highest BCUT2D eigenvalue weighted by Gasteiger charge is 2.45. The Morgan fingerprint density at radius 1 is 1.15 bits per heavy atom. The third kappa shape index (κ3) is 4.88. The van der Waals surface area contributed by atoms with E-state index in [0.717, 1.165) is 18.4 Å². The maximum Gasteiger partial charge on any atom is 0.221 e. The Morgan fingerprint density at radius 2 is 1.95 bits per heavy atom. The molecule has 0 bridgehead atoms. The highest BCUT2D eigenvalue weighted by Crippen LogP contribution is 2.39. The lowest BCUT2D eigenvalue weighted by Crippen LogP contribution is -2.35. The molecule has 1 fully saturated rings. The first-order valence-corrected chi connectivity index (χ1v) is 13.5. The number of aldehydes is 1. The van der Waals surface area contributed by atoms with E-state index in [0.29, 0.717) is 35.6 Å². The van der Waals surface area contributed by atoms with E-state index in [1.54, 1.807) is 42.7 Å². The molecule has 11 heteroatoms. The van der Waals surface area contributed by atoms with Crippen LogP contribution in [0.15, 0.2) is 55.0 Å². The predicted molar refractivity (Wildman–Crippen MR) is 148 cm³/mol. The Kier molecular flexibility index (Phi) is 6.86. The van der Waals surface area contributed by atoms with Gasteiger partial charge in [-0.3, -0.25) is 24.0 Å². The fraction of sp³-hybridized carbons (Fsp3) is 0.300. The molecule has 10 nitrogen and oxygen atoms in total. The van der Waals surface area contributed by atoms with E-state index in [9.17, 15) is 23.6 Å². The van der Waals surface area contributed by atoms with Gasteiger partial charge < -0.3 is 15.8 Å². The van der Waals surface area contributed by atoms with Crippen LogP contribution >= 0.6 is 0 Å². The summed E-state index contributed by atoms with van der Waals surface area (Å²) in [6.07, 6.45) is 7.78. The largest absolute Gasteiger partial charge is 0.385 e. The summed E-state index contributed by atoms with van der Waals surface area (Å²) < 4.78 is 16.1. The topological polar surface area (TPSA) is 150 Å². The zero-order chi connectivity index (χ0) is 28.7. The minimum absolute atomic E-state index is 0.0492. The van der Waals surface area contributed by atoms with Gasteiger partial charge in [-0.15, -0.1) is 0 Å². The number of fused-ring (bicyclic) bond motifs is 2. The number of carbonyl (C=O) groups excluding carboxylic acids is 4. The number of primary amides is 1. The highest BCUT2D eigenvalue weighted by atomic mass is 19.1. The summed E-state index contributed by atoms with van der Waals surface area (Å²) in [5.74, 6) is -3.83. The van der Waals surface area contributed by atoms with Gasteiger partial charge in [0.2, 0.25) is 5.91 Å². The Hall–Kier alpha value is -4.80. The first-order valence-electron chi connectivity index (χ1n) is 13.5. The van der Waals surface area contributed by atoms with Gasteiger partial charge >= 0.3 is 0 Å². The summed E-state index contributed by atoms with van der Waals surface area (Å²) in [5, 5.41) is 7.84. The van der Waals surface area contributed by atoms with Gasteiger partial charge in [-0.05, 0) is 55.5 Å². The van der Waals surface area contributed by atoms with Gasteiger partial charge in [0.05, 0.1) is 41.5 Å². The van der Waals surface area contributed by atoms with Crippen molar-refractivity contribution in [2.45, 2.75) is 31.7 Å². The standard InChI is InChI=1S/C30H27FN6O4/c31-23-4-1-5-24-27(23)36-25(14-34-24)17-13-35-37(15-17)19-9-16(10-19)12-33-18-6-7-20-22(11-18)29(40)26(28(20)39)21(30(32)41)3-2-8-38/h1,4-8,11,13-16,19,21,26,33H,2-3,9-10,12H2,(H2,32,41). The molecule has 2 aliphatic carbocycles. The number of carbonyl (C=O) groups is 4. The number of hydrogen-bond acceptors (Lipinski definition) is 8. The molecule has 2 aromatic carbocycles. The molecule has 2 unspecified atom stereocenters. The number of ketones is 2. The van der Waals surface area contributed by atoms with Gasteiger partial charge in [-0.1, -0.05) is 6.07 Å². The number of Topliss-reactive ketones (excluding diaryl/α,β-unsaturated/α-hetero) is 2. The van der Waals surface area contributed by atoms with Gasteiger partial charge in [-0.2, -0.15) is 5.10 Å². The van der Waals surface area contributed by atoms with Crippen molar-refractivity contribution in [1.29, 1.82) is 0 Å². The van der Waals surface area contributed by atoms with Crippen LogP contribution in [0.25, 0.3) is 22.3 Å². The number of benzene rings is 2. The molecule has 0 radical (unpaired) electrons. The van der Waals surface area contributed by atoms with Crippen LogP contribution in [0.1, 0.15) is 52.4 Å². The van der Waals surface area contributed by atoms with Crippen LogP contribution < -0.4 is 11.1 Å². The van der Waals surface area contributed by atoms with Gasteiger partial charge in [0, 0.05) is 41.5 Å². The SMILES string of the molecule is NC(=O)C(CCC=O)C1C(=O)c2ccc(NCC3CC(n4cc(-c5cnc6cccc(F)c6n5)cn4)C3)cc2C1=O. The van der Waals surface area contributed by atoms with Gasteiger partial charge in [0.1, 0.15) is 11.8 Å². The summed E-state index contributed by atoms with van der Waals surface area (Å²) in [6, 6.07) is 9.91. The average molecular weight is 555 g/mol. The van der Waals surface area contributed by atoms with E-state index >= 15 is 0 Å². The van der Waals surface area contributed by atoms with Crippen molar-refractivity contribution < 1.29 is 23.6 Å². The molecule has 1 amide bonds. The Balaban J connectivity index is 1.06. The van der Waals surface area contributed by atoms with Crippen molar-refractivity contribution in [3.63, 3.8) is 0 Å². The number of amides is 1. The zero-order valence-corrected chi connectivity index (χ0v) is 22.0. The number of nitrogens with one attached hydrogen (secondary N) is 1. The second-order valence-corrected chi connectivity index (χ2v) is 10.7. The molecule has 208 valence electrons. The molecule has 41 heavy (non-hydrogen) atoms. The predicted octanol–water partition coefficient (Wildman–Crippen LogP) is 3.77. The minimum atomic E-state index is -1.18. The maximum atomic E-state index is 14.1. The van der Waals surface area contributed by atoms with Crippen molar-refractivity contribution in [3.8, 4) is 11.3 Å². The second kappa shape index (κ2) is 10.6. The van der Waals surface area contributed by atoms with Crippen LogP contribution in [-0.2, 0) is 9.59 Å².